The van der Waals surface area contributed by atoms with Crippen LogP contribution in [0, 0.1) is 0 Å². The molecule has 0 heterocycles. The summed E-state index contributed by atoms with van der Waals surface area (Å²) in [4.78, 5) is 11.4. The fourth-order valence-corrected chi connectivity index (χ4v) is 1.26. The predicted molar refractivity (Wildman–Crippen MR) is 66.3 cm³/mol. The molecule has 0 rings (SSSR count). The molecule has 0 fully saturated rings. The van der Waals surface area contributed by atoms with E-state index in [0.717, 1.165) is 12.8 Å². The van der Waals surface area contributed by atoms with Gasteiger partial charge in [0.2, 0.25) is 5.91 Å². The number of aliphatic hydroxyl groups excluding tert-OH is 1. The van der Waals surface area contributed by atoms with E-state index in [1.54, 1.807) is 6.92 Å². The molecule has 0 aliphatic rings. The SMILES string of the molecule is CC(O)CCCNC(=O)CCNC(C)(C)C. The van der Waals surface area contributed by atoms with E-state index in [-0.39, 0.29) is 17.6 Å². The van der Waals surface area contributed by atoms with Gasteiger partial charge in [0, 0.05) is 25.0 Å². The Balaban J connectivity index is 3.39. The minimum absolute atomic E-state index is 0.0621. The van der Waals surface area contributed by atoms with Crippen molar-refractivity contribution in [3.05, 3.63) is 0 Å². The Labute approximate surface area is 98.8 Å². The Kier molecular flexibility index (Phi) is 7.34. The third-order valence-corrected chi connectivity index (χ3v) is 2.13. The highest BCUT2D eigenvalue weighted by molar-refractivity contribution is 5.75. The van der Waals surface area contributed by atoms with Crippen LogP contribution in [-0.2, 0) is 4.79 Å². The molecule has 1 unspecified atom stereocenters. The number of nitrogens with one attached hydrogen (secondary N) is 2. The van der Waals surface area contributed by atoms with Crippen LogP contribution in [0.5, 0.6) is 0 Å². The Morgan fingerprint density at radius 2 is 1.94 bits per heavy atom. The van der Waals surface area contributed by atoms with Crippen LogP contribution in [0.4, 0.5) is 0 Å². The zero-order valence-electron chi connectivity index (χ0n) is 11.0. The monoisotopic (exact) mass is 230 g/mol. The zero-order chi connectivity index (χ0) is 12.6. The predicted octanol–water partition coefficient (Wildman–Crippen LogP) is 1.04. The minimum atomic E-state index is -0.278. The molecule has 0 bridgehead atoms. The van der Waals surface area contributed by atoms with Crippen molar-refractivity contribution in [2.24, 2.45) is 0 Å². The van der Waals surface area contributed by atoms with Gasteiger partial charge in [0.05, 0.1) is 6.10 Å². The van der Waals surface area contributed by atoms with E-state index in [1.807, 2.05) is 0 Å². The molecule has 96 valence electrons. The van der Waals surface area contributed by atoms with Crippen molar-refractivity contribution in [3.63, 3.8) is 0 Å². The molecule has 0 aromatic heterocycles. The largest absolute Gasteiger partial charge is 0.393 e. The molecular weight excluding hydrogens is 204 g/mol. The van der Waals surface area contributed by atoms with Gasteiger partial charge in [-0.15, -0.1) is 0 Å². The third-order valence-electron chi connectivity index (χ3n) is 2.13. The molecule has 0 saturated carbocycles. The van der Waals surface area contributed by atoms with E-state index in [9.17, 15) is 4.79 Å². The van der Waals surface area contributed by atoms with Crippen molar-refractivity contribution < 1.29 is 9.90 Å². The molecule has 0 aliphatic carbocycles. The number of hydrogen-bond donors (Lipinski definition) is 3. The molecule has 16 heavy (non-hydrogen) atoms. The van der Waals surface area contributed by atoms with Crippen molar-refractivity contribution in [3.8, 4) is 0 Å². The van der Waals surface area contributed by atoms with Crippen molar-refractivity contribution in [2.45, 2.75) is 58.6 Å². The average molecular weight is 230 g/mol. The lowest BCUT2D eigenvalue weighted by atomic mass is 10.1. The van der Waals surface area contributed by atoms with Crippen molar-refractivity contribution in [1.29, 1.82) is 0 Å². The van der Waals surface area contributed by atoms with Crippen LogP contribution in [-0.4, -0.2) is 35.7 Å². The summed E-state index contributed by atoms with van der Waals surface area (Å²) in [5.74, 6) is 0.0716. The highest BCUT2D eigenvalue weighted by atomic mass is 16.3. The summed E-state index contributed by atoms with van der Waals surface area (Å²) in [7, 11) is 0. The summed E-state index contributed by atoms with van der Waals surface area (Å²) in [6, 6.07) is 0. The quantitative estimate of drug-likeness (QED) is 0.573. The molecule has 3 N–H and O–H groups in total. The third kappa shape index (κ3) is 11.5. The standard InChI is InChI=1S/C12H26N2O2/c1-10(15)6-5-8-13-11(16)7-9-14-12(2,3)4/h10,14-15H,5-9H2,1-4H3,(H,13,16). The number of aliphatic hydroxyl groups is 1. The van der Waals surface area contributed by atoms with Crippen molar-refractivity contribution >= 4 is 5.91 Å². The van der Waals surface area contributed by atoms with E-state index in [0.29, 0.717) is 19.5 Å². The van der Waals surface area contributed by atoms with Gasteiger partial charge in [0.25, 0.3) is 0 Å². The van der Waals surface area contributed by atoms with Gasteiger partial charge in [-0.3, -0.25) is 4.79 Å². The summed E-state index contributed by atoms with van der Waals surface area (Å²) in [5.41, 5.74) is 0.0621. The smallest absolute Gasteiger partial charge is 0.221 e. The normalized spacial score (nSPS) is 13.6. The first-order valence-electron chi connectivity index (χ1n) is 6.01. The van der Waals surface area contributed by atoms with Crippen LogP contribution < -0.4 is 10.6 Å². The topological polar surface area (TPSA) is 61.4 Å². The summed E-state index contributed by atoms with van der Waals surface area (Å²) >= 11 is 0. The molecule has 1 amide bonds. The van der Waals surface area contributed by atoms with Gasteiger partial charge in [-0.2, -0.15) is 0 Å². The fourth-order valence-electron chi connectivity index (χ4n) is 1.26. The van der Waals surface area contributed by atoms with Gasteiger partial charge in [0.1, 0.15) is 0 Å². The maximum atomic E-state index is 11.4. The fraction of sp³-hybridized carbons (Fsp3) is 0.917. The summed E-state index contributed by atoms with van der Waals surface area (Å²) in [6.07, 6.45) is 1.79. The van der Waals surface area contributed by atoms with Crippen molar-refractivity contribution in [1.82, 2.24) is 10.6 Å². The van der Waals surface area contributed by atoms with Gasteiger partial charge in [0.15, 0.2) is 0 Å². The summed E-state index contributed by atoms with van der Waals surface area (Å²) in [6.45, 7) is 9.34. The van der Waals surface area contributed by atoms with Crippen LogP contribution in [0.1, 0.15) is 47.0 Å². The minimum Gasteiger partial charge on any atom is -0.393 e. The number of carbonyl (C=O) groups is 1. The Morgan fingerprint density at radius 3 is 2.44 bits per heavy atom. The summed E-state index contributed by atoms with van der Waals surface area (Å²) in [5, 5.41) is 15.1. The van der Waals surface area contributed by atoms with Gasteiger partial charge >= 0.3 is 0 Å². The molecule has 4 heteroatoms. The number of amides is 1. The highest BCUT2D eigenvalue weighted by Crippen LogP contribution is 1.98. The first-order valence-corrected chi connectivity index (χ1v) is 6.01. The second kappa shape index (κ2) is 7.63. The highest BCUT2D eigenvalue weighted by Gasteiger charge is 2.09. The zero-order valence-corrected chi connectivity index (χ0v) is 11.0. The second-order valence-electron chi connectivity index (χ2n) is 5.27. The molecule has 0 aliphatic heterocycles. The first kappa shape index (κ1) is 15.4. The van der Waals surface area contributed by atoms with E-state index in [1.165, 1.54) is 0 Å². The van der Waals surface area contributed by atoms with Gasteiger partial charge < -0.3 is 15.7 Å². The van der Waals surface area contributed by atoms with Crippen LogP contribution in [0.2, 0.25) is 0 Å². The molecule has 0 spiro atoms. The Morgan fingerprint density at radius 1 is 1.31 bits per heavy atom. The number of carbonyl (C=O) groups excluding carboxylic acids is 1. The van der Waals surface area contributed by atoms with E-state index < -0.39 is 0 Å². The molecule has 1 atom stereocenters. The average Bonchev–Trinajstić information content (AvgIpc) is 2.10. The molecule has 0 aromatic carbocycles. The molecular formula is C12H26N2O2. The number of hydrogen-bond acceptors (Lipinski definition) is 3. The second-order valence-corrected chi connectivity index (χ2v) is 5.27. The lowest BCUT2D eigenvalue weighted by molar-refractivity contribution is -0.121. The van der Waals surface area contributed by atoms with E-state index in [4.69, 9.17) is 5.11 Å². The van der Waals surface area contributed by atoms with Crippen LogP contribution in [0.15, 0.2) is 0 Å². The maximum Gasteiger partial charge on any atom is 0.221 e. The first-order chi connectivity index (χ1) is 7.31. The van der Waals surface area contributed by atoms with Crippen LogP contribution >= 0.6 is 0 Å². The molecule has 0 saturated heterocycles. The van der Waals surface area contributed by atoms with Crippen LogP contribution in [0.3, 0.4) is 0 Å². The molecule has 0 radical (unpaired) electrons. The Bertz CT molecular complexity index is 198. The molecule has 0 aromatic rings. The van der Waals surface area contributed by atoms with Crippen LogP contribution in [0.25, 0.3) is 0 Å². The Hall–Kier alpha value is -0.610. The van der Waals surface area contributed by atoms with Gasteiger partial charge in [-0.1, -0.05) is 0 Å². The van der Waals surface area contributed by atoms with Crippen molar-refractivity contribution in [2.75, 3.05) is 13.1 Å². The maximum absolute atomic E-state index is 11.4. The number of rotatable bonds is 7. The van der Waals surface area contributed by atoms with E-state index >= 15 is 0 Å². The lowest BCUT2D eigenvalue weighted by Gasteiger charge is -2.20. The van der Waals surface area contributed by atoms with Gasteiger partial charge in [-0.05, 0) is 40.5 Å². The van der Waals surface area contributed by atoms with Gasteiger partial charge in [-0.25, -0.2) is 0 Å². The lowest BCUT2D eigenvalue weighted by Crippen LogP contribution is -2.38. The summed E-state index contributed by atoms with van der Waals surface area (Å²) < 4.78 is 0. The molecule has 4 nitrogen and oxygen atoms in total. The van der Waals surface area contributed by atoms with E-state index in [2.05, 4.69) is 31.4 Å².